The summed E-state index contributed by atoms with van der Waals surface area (Å²) in [5, 5.41) is 2.07. The van der Waals surface area contributed by atoms with Crippen LogP contribution in [0.2, 0.25) is 0 Å². The van der Waals surface area contributed by atoms with E-state index in [1.54, 1.807) is 6.08 Å². The van der Waals surface area contributed by atoms with Gasteiger partial charge in [0, 0.05) is 10.9 Å². The number of isocyanates is 1. The Labute approximate surface area is 140 Å². The number of nitrogens with zero attached hydrogens (tertiary/aromatic N) is 1. The van der Waals surface area contributed by atoms with E-state index >= 15 is 0 Å². The van der Waals surface area contributed by atoms with Crippen molar-refractivity contribution in [3.05, 3.63) is 42.0 Å². The molecule has 0 unspecified atom stereocenters. The van der Waals surface area contributed by atoms with Crippen LogP contribution in [0.1, 0.15) is 5.56 Å². The van der Waals surface area contributed by atoms with Crippen LogP contribution in [0, 0.1) is 0 Å². The molecule has 0 aliphatic carbocycles. The van der Waals surface area contributed by atoms with Crippen molar-refractivity contribution in [1.29, 1.82) is 0 Å². The van der Waals surface area contributed by atoms with Crippen molar-refractivity contribution in [3.63, 3.8) is 0 Å². The van der Waals surface area contributed by atoms with Crippen LogP contribution in [-0.2, 0) is 4.23 Å². The van der Waals surface area contributed by atoms with Gasteiger partial charge in [-0.25, -0.2) is 4.79 Å². The number of carbonyl (C=O) groups excluding carboxylic acids is 1. The highest BCUT2D eigenvalue weighted by Gasteiger charge is 2.25. The fourth-order valence-electron chi connectivity index (χ4n) is 1.65. The maximum Gasteiger partial charge on any atom is 0.240 e. The molecular weight excluding hydrogens is 555 g/mol. The molecule has 2 aromatic carbocycles. The molecule has 0 heterocycles. The molecule has 5 heteroatoms. The van der Waals surface area contributed by atoms with Gasteiger partial charge in [-0.1, -0.05) is 36.4 Å². The van der Waals surface area contributed by atoms with Crippen molar-refractivity contribution < 1.29 is 4.79 Å². The minimum atomic E-state index is -0.132. The molecule has 0 bridgehead atoms. The highest BCUT2D eigenvalue weighted by molar-refractivity contribution is 14.3. The van der Waals surface area contributed by atoms with Crippen molar-refractivity contribution in [3.8, 4) is 0 Å². The standard InChI is InChI=1S/C12H6I3NO/c13-12(14,15)10-6-5-8-3-1-2-4-9(8)11(10)16-7-17/h1-6H. The van der Waals surface area contributed by atoms with Gasteiger partial charge < -0.3 is 0 Å². The molecule has 2 rings (SSSR count). The molecule has 2 aromatic rings. The summed E-state index contributed by atoms with van der Waals surface area (Å²) in [6.45, 7) is 0. The van der Waals surface area contributed by atoms with E-state index in [0.29, 0.717) is 0 Å². The van der Waals surface area contributed by atoms with Crippen LogP contribution in [-0.4, -0.2) is 6.08 Å². The first-order chi connectivity index (χ1) is 8.04. The predicted molar refractivity (Wildman–Crippen MR) is 95.5 cm³/mol. The third kappa shape index (κ3) is 2.99. The third-order valence-electron chi connectivity index (χ3n) is 2.36. The van der Waals surface area contributed by atoms with E-state index in [-0.39, 0.29) is -0.565 Å². The van der Waals surface area contributed by atoms with Crippen LogP contribution < -0.4 is 0 Å². The lowest BCUT2D eigenvalue weighted by atomic mass is 10.1. The van der Waals surface area contributed by atoms with E-state index in [4.69, 9.17) is 0 Å². The monoisotopic (exact) mass is 561 g/mol. The lowest BCUT2D eigenvalue weighted by molar-refractivity contribution is 0.565. The number of alkyl halides is 3. The van der Waals surface area contributed by atoms with Crippen molar-refractivity contribution in [2.24, 2.45) is 4.99 Å². The summed E-state index contributed by atoms with van der Waals surface area (Å²) in [5.41, 5.74) is 1.75. The Hall–Kier alpha value is 0.270. The zero-order chi connectivity index (χ0) is 12.5. The average Bonchev–Trinajstić information content (AvgIpc) is 2.28. The molecule has 0 aromatic heterocycles. The largest absolute Gasteiger partial charge is 0.240 e. The summed E-state index contributed by atoms with van der Waals surface area (Å²) < 4.78 is -0.132. The van der Waals surface area contributed by atoms with Gasteiger partial charge in [0.25, 0.3) is 0 Å². The molecule has 0 atom stereocenters. The fourth-order valence-corrected chi connectivity index (χ4v) is 2.96. The van der Waals surface area contributed by atoms with Crippen LogP contribution in [0.5, 0.6) is 0 Å². The van der Waals surface area contributed by atoms with Gasteiger partial charge in [0.15, 0.2) is -0.565 Å². The van der Waals surface area contributed by atoms with E-state index in [1.807, 2.05) is 30.3 Å². The number of halogens is 3. The summed E-state index contributed by atoms with van der Waals surface area (Å²) in [5.74, 6) is 0. The normalized spacial score (nSPS) is 11.2. The molecule has 0 fully saturated rings. The topological polar surface area (TPSA) is 29.4 Å². The van der Waals surface area contributed by atoms with Gasteiger partial charge in [0.05, 0.1) is 5.69 Å². The molecule has 0 aliphatic heterocycles. The summed E-state index contributed by atoms with van der Waals surface area (Å²) >= 11 is 6.97. The minimum absolute atomic E-state index is 0.132. The van der Waals surface area contributed by atoms with Crippen molar-refractivity contribution in [2.45, 2.75) is -0.565 Å². The molecule has 86 valence electrons. The second-order valence-corrected chi connectivity index (χ2v) is 14.4. The summed E-state index contributed by atoms with van der Waals surface area (Å²) in [4.78, 5) is 14.5. The van der Waals surface area contributed by atoms with Crippen LogP contribution in [0.15, 0.2) is 41.4 Å². The molecule has 0 saturated carbocycles. The smallest absolute Gasteiger partial charge is 0.211 e. The second-order valence-electron chi connectivity index (χ2n) is 3.38. The lowest BCUT2D eigenvalue weighted by Crippen LogP contribution is -1.97. The number of hydrogen-bond donors (Lipinski definition) is 0. The number of hydrogen-bond acceptors (Lipinski definition) is 2. The van der Waals surface area contributed by atoms with Gasteiger partial charge in [-0.15, -0.1) is 0 Å². The first kappa shape index (κ1) is 13.7. The summed E-state index contributed by atoms with van der Waals surface area (Å²) in [6.07, 6.45) is 1.65. The van der Waals surface area contributed by atoms with Gasteiger partial charge in [0.2, 0.25) is 6.08 Å². The van der Waals surface area contributed by atoms with Gasteiger partial charge in [-0.2, -0.15) is 4.99 Å². The van der Waals surface area contributed by atoms with Crippen molar-refractivity contribution in [2.75, 3.05) is 0 Å². The Kier molecular flexibility index (Phi) is 4.43. The van der Waals surface area contributed by atoms with Crippen LogP contribution in [0.4, 0.5) is 5.69 Å². The Balaban J connectivity index is 2.87. The predicted octanol–water partition coefficient (Wildman–Crippen LogP) is 5.22. The van der Waals surface area contributed by atoms with Crippen LogP contribution in [0.3, 0.4) is 0 Å². The van der Waals surface area contributed by atoms with E-state index in [0.717, 1.165) is 22.0 Å². The molecule has 0 N–H and O–H groups in total. The molecule has 0 saturated heterocycles. The maximum atomic E-state index is 10.6. The zero-order valence-corrected chi connectivity index (χ0v) is 14.9. The molecule has 0 spiro atoms. The SMILES string of the molecule is O=C=Nc1c(C(I)(I)I)ccc2ccccc12. The Morgan fingerprint density at radius 1 is 1.06 bits per heavy atom. The Morgan fingerprint density at radius 3 is 2.41 bits per heavy atom. The zero-order valence-electron chi connectivity index (χ0n) is 8.45. The average molecular weight is 561 g/mol. The Bertz CT molecular complexity index is 613. The molecule has 0 radical (unpaired) electrons. The number of rotatable bonds is 2. The number of aliphatic imine (C=N–C) groups is 1. The Morgan fingerprint density at radius 2 is 1.76 bits per heavy atom. The minimum Gasteiger partial charge on any atom is -0.211 e. The molecular formula is C12H6I3NO. The summed E-state index contributed by atoms with van der Waals surface area (Å²) in [6, 6.07) is 12.0. The van der Waals surface area contributed by atoms with Gasteiger partial charge in [0.1, 0.15) is 0 Å². The quantitative estimate of drug-likeness (QED) is 0.214. The molecule has 17 heavy (non-hydrogen) atoms. The molecule has 0 amide bonds. The van der Waals surface area contributed by atoms with Gasteiger partial charge >= 0.3 is 0 Å². The number of fused-ring (bicyclic) bond motifs is 1. The molecule has 2 nitrogen and oxygen atoms in total. The fraction of sp³-hybridized carbons (Fsp3) is 0.0833. The van der Waals surface area contributed by atoms with E-state index in [2.05, 4.69) is 78.8 Å². The van der Waals surface area contributed by atoms with Crippen molar-refractivity contribution in [1.82, 2.24) is 0 Å². The van der Waals surface area contributed by atoms with Gasteiger partial charge in [-0.05, 0) is 73.2 Å². The molecule has 0 aliphatic rings. The maximum absolute atomic E-state index is 10.6. The van der Waals surface area contributed by atoms with E-state index in [9.17, 15) is 4.79 Å². The van der Waals surface area contributed by atoms with Crippen LogP contribution >= 0.6 is 67.8 Å². The lowest BCUT2D eigenvalue weighted by Gasteiger charge is -2.16. The van der Waals surface area contributed by atoms with E-state index in [1.165, 1.54) is 0 Å². The van der Waals surface area contributed by atoms with Crippen molar-refractivity contribution >= 4 is 90.3 Å². The number of benzene rings is 2. The van der Waals surface area contributed by atoms with E-state index < -0.39 is 0 Å². The van der Waals surface area contributed by atoms with Crippen LogP contribution in [0.25, 0.3) is 10.8 Å². The third-order valence-corrected chi connectivity index (χ3v) is 4.11. The highest BCUT2D eigenvalue weighted by atomic mass is 127. The first-order valence-electron chi connectivity index (χ1n) is 4.71. The summed E-state index contributed by atoms with van der Waals surface area (Å²) in [7, 11) is 0. The van der Waals surface area contributed by atoms with Gasteiger partial charge in [-0.3, -0.25) is 0 Å². The highest BCUT2D eigenvalue weighted by Crippen LogP contribution is 2.51. The first-order valence-corrected chi connectivity index (χ1v) is 7.94. The second kappa shape index (κ2) is 5.50.